The molecule has 2 heteroatoms. The lowest BCUT2D eigenvalue weighted by Gasteiger charge is -2.07. The predicted molar refractivity (Wildman–Crippen MR) is 71.6 cm³/mol. The van der Waals surface area contributed by atoms with Gasteiger partial charge in [0.15, 0.2) is 0 Å². The van der Waals surface area contributed by atoms with Crippen molar-refractivity contribution in [3.63, 3.8) is 0 Å². The van der Waals surface area contributed by atoms with E-state index in [4.69, 9.17) is 5.73 Å². The van der Waals surface area contributed by atoms with Gasteiger partial charge < -0.3 is 5.73 Å². The van der Waals surface area contributed by atoms with E-state index in [1.54, 1.807) is 0 Å². The lowest BCUT2D eigenvalue weighted by Crippen LogP contribution is -2.15. The fourth-order valence-electron chi connectivity index (χ4n) is 1.81. The van der Waals surface area contributed by atoms with E-state index in [2.05, 4.69) is 29.2 Å². The number of aromatic nitrogens is 1. The number of benzene rings is 1. The largest absolute Gasteiger partial charge is 0.328 e. The Hall–Kier alpha value is -1.67. The Morgan fingerprint density at radius 3 is 2.76 bits per heavy atom. The molecule has 1 heterocycles. The first kappa shape index (κ1) is 11.8. The maximum absolute atomic E-state index is 5.78. The molecule has 88 valence electrons. The monoisotopic (exact) mass is 226 g/mol. The molecule has 2 N–H and O–H groups in total. The minimum absolute atomic E-state index is 0.258. The van der Waals surface area contributed by atoms with Crippen LogP contribution >= 0.6 is 0 Å². The molecule has 17 heavy (non-hydrogen) atoms. The van der Waals surface area contributed by atoms with Gasteiger partial charge in [-0.1, -0.05) is 24.3 Å². The minimum atomic E-state index is 0.258. The Balaban J connectivity index is 2.17. The molecule has 0 saturated heterocycles. The normalized spacial score (nSPS) is 12.4. The molecule has 1 unspecified atom stereocenters. The van der Waals surface area contributed by atoms with Crippen molar-refractivity contribution >= 4 is 0 Å². The van der Waals surface area contributed by atoms with Gasteiger partial charge in [-0.25, -0.2) is 0 Å². The molecule has 2 aromatic rings. The molecule has 1 atom stereocenters. The van der Waals surface area contributed by atoms with E-state index >= 15 is 0 Å². The van der Waals surface area contributed by atoms with Gasteiger partial charge in [-0.05, 0) is 43.5 Å². The summed E-state index contributed by atoms with van der Waals surface area (Å²) in [4.78, 5) is 4.36. The van der Waals surface area contributed by atoms with Gasteiger partial charge >= 0.3 is 0 Å². The van der Waals surface area contributed by atoms with Crippen molar-refractivity contribution in [2.24, 2.45) is 5.73 Å². The summed E-state index contributed by atoms with van der Waals surface area (Å²) in [5.74, 6) is 0. The fourth-order valence-corrected chi connectivity index (χ4v) is 1.81. The summed E-state index contributed by atoms with van der Waals surface area (Å²) >= 11 is 0. The third-order valence-corrected chi connectivity index (χ3v) is 2.78. The summed E-state index contributed by atoms with van der Waals surface area (Å²) in [7, 11) is 0. The van der Waals surface area contributed by atoms with Gasteiger partial charge in [-0.2, -0.15) is 0 Å². The molecule has 1 aromatic carbocycles. The van der Waals surface area contributed by atoms with Gasteiger partial charge in [-0.3, -0.25) is 4.98 Å². The molecule has 0 fully saturated rings. The van der Waals surface area contributed by atoms with E-state index in [0.717, 1.165) is 18.5 Å². The van der Waals surface area contributed by atoms with Gasteiger partial charge in [0.25, 0.3) is 0 Å². The average Bonchev–Trinajstić information content (AvgIpc) is 2.38. The molecule has 2 nitrogen and oxygen atoms in total. The molecule has 0 radical (unpaired) electrons. The summed E-state index contributed by atoms with van der Waals surface area (Å²) in [5.41, 5.74) is 9.30. The fraction of sp³-hybridized carbons (Fsp3) is 0.267. The van der Waals surface area contributed by atoms with Crippen LogP contribution in [0.25, 0.3) is 11.3 Å². The summed E-state index contributed by atoms with van der Waals surface area (Å²) in [6, 6.07) is 14.8. The Kier molecular flexibility index (Phi) is 3.89. The topological polar surface area (TPSA) is 38.9 Å². The Labute approximate surface area is 103 Å². The lowest BCUT2D eigenvalue weighted by atomic mass is 10.0. The van der Waals surface area contributed by atoms with Crippen molar-refractivity contribution in [2.75, 3.05) is 0 Å². The highest BCUT2D eigenvalue weighted by Crippen LogP contribution is 2.18. The van der Waals surface area contributed by atoms with Crippen molar-refractivity contribution in [1.82, 2.24) is 4.98 Å². The number of rotatable bonds is 4. The smallest absolute Gasteiger partial charge is 0.0702 e. The number of nitrogens with two attached hydrogens (primary N) is 1. The van der Waals surface area contributed by atoms with Gasteiger partial charge in [0.05, 0.1) is 5.69 Å². The van der Waals surface area contributed by atoms with Crippen molar-refractivity contribution in [3.8, 4) is 11.3 Å². The standard InChI is InChI=1S/C15H18N2/c1-12(16)8-9-13-5-4-6-14(11-13)15-7-2-3-10-17-15/h2-7,10-12H,8-9,16H2,1H3. The van der Waals surface area contributed by atoms with Crippen LogP contribution in [0.4, 0.5) is 0 Å². The Bertz CT molecular complexity index is 463. The third-order valence-electron chi connectivity index (χ3n) is 2.78. The SMILES string of the molecule is CC(N)CCc1cccc(-c2ccccn2)c1. The second kappa shape index (κ2) is 5.60. The predicted octanol–water partition coefficient (Wildman–Crippen LogP) is 3.03. The van der Waals surface area contributed by atoms with Gasteiger partial charge in [-0.15, -0.1) is 0 Å². The number of aryl methyl sites for hydroxylation is 1. The summed E-state index contributed by atoms with van der Waals surface area (Å²) in [5, 5.41) is 0. The first-order chi connectivity index (χ1) is 8.25. The number of hydrogen-bond acceptors (Lipinski definition) is 2. The summed E-state index contributed by atoms with van der Waals surface area (Å²) in [6.07, 6.45) is 3.87. The van der Waals surface area contributed by atoms with Crippen molar-refractivity contribution in [3.05, 3.63) is 54.2 Å². The molecule has 0 aliphatic heterocycles. The van der Waals surface area contributed by atoms with E-state index in [1.807, 2.05) is 31.3 Å². The molecule has 0 aliphatic rings. The second-order valence-electron chi connectivity index (χ2n) is 4.43. The second-order valence-corrected chi connectivity index (χ2v) is 4.43. The molecule has 0 aliphatic carbocycles. The number of nitrogens with zero attached hydrogens (tertiary/aromatic N) is 1. The van der Waals surface area contributed by atoms with E-state index in [9.17, 15) is 0 Å². The van der Waals surface area contributed by atoms with Crippen LogP contribution < -0.4 is 5.73 Å². The first-order valence-corrected chi connectivity index (χ1v) is 6.01. The first-order valence-electron chi connectivity index (χ1n) is 6.01. The van der Waals surface area contributed by atoms with Crippen LogP contribution in [0.1, 0.15) is 18.9 Å². The third kappa shape index (κ3) is 3.40. The average molecular weight is 226 g/mol. The van der Waals surface area contributed by atoms with E-state index in [0.29, 0.717) is 0 Å². The Morgan fingerprint density at radius 2 is 2.06 bits per heavy atom. The molecule has 2 rings (SSSR count). The highest BCUT2D eigenvalue weighted by molar-refractivity contribution is 5.59. The molecule has 0 amide bonds. The van der Waals surface area contributed by atoms with Crippen molar-refractivity contribution in [2.45, 2.75) is 25.8 Å². The van der Waals surface area contributed by atoms with E-state index < -0.39 is 0 Å². The molecular formula is C15H18N2. The zero-order valence-electron chi connectivity index (χ0n) is 10.1. The van der Waals surface area contributed by atoms with Crippen LogP contribution in [0.15, 0.2) is 48.7 Å². The van der Waals surface area contributed by atoms with Crippen LogP contribution in [-0.4, -0.2) is 11.0 Å². The summed E-state index contributed by atoms with van der Waals surface area (Å²) in [6.45, 7) is 2.04. The lowest BCUT2D eigenvalue weighted by molar-refractivity contribution is 0.666. The number of pyridine rings is 1. The minimum Gasteiger partial charge on any atom is -0.328 e. The van der Waals surface area contributed by atoms with Crippen molar-refractivity contribution in [1.29, 1.82) is 0 Å². The van der Waals surface area contributed by atoms with Gasteiger partial charge in [0.1, 0.15) is 0 Å². The maximum Gasteiger partial charge on any atom is 0.0702 e. The highest BCUT2D eigenvalue weighted by Gasteiger charge is 2.01. The molecule has 0 saturated carbocycles. The van der Waals surface area contributed by atoms with Crippen LogP contribution in [0, 0.1) is 0 Å². The van der Waals surface area contributed by atoms with E-state index in [-0.39, 0.29) is 6.04 Å². The van der Waals surface area contributed by atoms with Crippen molar-refractivity contribution < 1.29 is 0 Å². The highest BCUT2D eigenvalue weighted by atomic mass is 14.7. The van der Waals surface area contributed by atoms with E-state index in [1.165, 1.54) is 11.1 Å². The Morgan fingerprint density at radius 1 is 1.18 bits per heavy atom. The van der Waals surface area contributed by atoms with Crippen LogP contribution in [0.2, 0.25) is 0 Å². The van der Waals surface area contributed by atoms with Crippen LogP contribution in [0.5, 0.6) is 0 Å². The zero-order chi connectivity index (χ0) is 12.1. The van der Waals surface area contributed by atoms with Gasteiger partial charge in [0, 0.05) is 17.8 Å². The number of hydrogen-bond donors (Lipinski definition) is 1. The van der Waals surface area contributed by atoms with Crippen LogP contribution in [-0.2, 0) is 6.42 Å². The van der Waals surface area contributed by atoms with Gasteiger partial charge in [0.2, 0.25) is 0 Å². The van der Waals surface area contributed by atoms with Crippen LogP contribution in [0.3, 0.4) is 0 Å². The maximum atomic E-state index is 5.78. The molecule has 1 aromatic heterocycles. The molecular weight excluding hydrogens is 208 g/mol. The summed E-state index contributed by atoms with van der Waals surface area (Å²) < 4.78 is 0. The zero-order valence-corrected chi connectivity index (χ0v) is 10.1. The quantitative estimate of drug-likeness (QED) is 0.870. The molecule has 0 spiro atoms. The molecule has 0 bridgehead atoms.